The number of ether oxygens (including phenoxy) is 3. The average Bonchev–Trinajstić information content (AvgIpc) is 2.63. The smallest absolute Gasteiger partial charge is 0.351 e. The Hall–Kier alpha value is -2.52. The molecule has 2 aliphatic rings. The first-order chi connectivity index (χ1) is 14.0. The maximum atomic E-state index is 13.2. The van der Waals surface area contributed by atoms with E-state index < -0.39 is 41.3 Å². The number of hydrogen-bond acceptors (Lipinski definition) is 8. The van der Waals surface area contributed by atoms with E-state index in [1.807, 2.05) is 0 Å². The predicted molar refractivity (Wildman–Crippen MR) is 105 cm³/mol. The van der Waals surface area contributed by atoms with Crippen molar-refractivity contribution in [2.45, 2.75) is 70.4 Å². The summed E-state index contributed by atoms with van der Waals surface area (Å²) in [5.74, 6) is -1.81. The molecule has 9 nitrogen and oxygen atoms in total. The van der Waals surface area contributed by atoms with Gasteiger partial charge < -0.3 is 19.3 Å². The van der Waals surface area contributed by atoms with Crippen LogP contribution < -0.4 is 4.90 Å². The Morgan fingerprint density at radius 3 is 2.60 bits per heavy atom. The number of aliphatic hydroxyl groups is 1. The molecule has 1 N–H and O–H groups in total. The molecule has 2 atom stereocenters. The molecule has 30 heavy (non-hydrogen) atoms. The first-order valence-electron chi connectivity index (χ1n) is 10.0. The van der Waals surface area contributed by atoms with Gasteiger partial charge in [-0.15, -0.1) is 0 Å². The van der Waals surface area contributed by atoms with Crippen LogP contribution in [0.2, 0.25) is 0 Å². The van der Waals surface area contributed by atoms with Crippen LogP contribution in [0.25, 0.3) is 0 Å². The van der Waals surface area contributed by atoms with Gasteiger partial charge in [0.15, 0.2) is 6.10 Å². The largest absolute Gasteiger partial charge is 0.457 e. The van der Waals surface area contributed by atoms with Gasteiger partial charge in [-0.05, 0) is 52.2 Å². The van der Waals surface area contributed by atoms with E-state index in [9.17, 15) is 19.5 Å². The summed E-state index contributed by atoms with van der Waals surface area (Å²) in [6, 6.07) is 5.11. The van der Waals surface area contributed by atoms with Crippen LogP contribution in [0.1, 0.15) is 52.7 Å². The number of pyridine rings is 1. The van der Waals surface area contributed by atoms with Gasteiger partial charge in [-0.25, -0.2) is 9.78 Å². The van der Waals surface area contributed by atoms with E-state index in [4.69, 9.17) is 14.2 Å². The van der Waals surface area contributed by atoms with Crippen molar-refractivity contribution in [3.05, 3.63) is 23.9 Å². The van der Waals surface area contributed by atoms with Crippen LogP contribution in [0.3, 0.4) is 0 Å². The van der Waals surface area contributed by atoms with Crippen LogP contribution in [0, 0.1) is 0 Å². The van der Waals surface area contributed by atoms with E-state index in [2.05, 4.69) is 4.98 Å². The van der Waals surface area contributed by atoms with Gasteiger partial charge in [0.2, 0.25) is 6.10 Å². The Bertz CT molecular complexity index is 829. The monoisotopic (exact) mass is 420 g/mol. The Morgan fingerprint density at radius 2 is 2.03 bits per heavy atom. The number of morpholine rings is 1. The zero-order valence-electron chi connectivity index (χ0n) is 17.7. The lowest BCUT2D eigenvalue weighted by molar-refractivity contribution is -0.188. The lowest BCUT2D eigenvalue weighted by Gasteiger charge is -2.38. The summed E-state index contributed by atoms with van der Waals surface area (Å²) in [6.45, 7) is 6.50. The first-order valence-corrected chi connectivity index (χ1v) is 10.0. The van der Waals surface area contributed by atoms with Crippen molar-refractivity contribution >= 4 is 23.7 Å². The van der Waals surface area contributed by atoms with Gasteiger partial charge in [-0.1, -0.05) is 6.07 Å². The highest BCUT2D eigenvalue weighted by Crippen LogP contribution is 2.40. The van der Waals surface area contributed by atoms with Crippen molar-refractivity contribution in [3.63, 3.8) is 0 Å². The number of amides is 1. The molecule has 1 aromatic rings. The van der Waals surface area contributed by atoms with E-state index in [1.165, 1.54) is 4.90 Å². The molecular weight excluding hydrogens is 392 g/mol. The minimum atomic E-state index is -1.53. The number of anilines is 1. The van der Waals surface area contributed by atoms with Crippen LogP contribution >= 0.6 is 0 Å². The van der Waals surface area contributed by atoms with Gasteiger partial charge in [0, 0.05) is 6.92 Å². The summed E-state index contributed by atoms with van der Waals surface area (Å²) in [4.78, 5) is 43.2. The Kier molecular flexibility index (Phi) is 6.14. The first kappa shape index (κ1) is 22.2. The maximum absolute atomic E-state index is 13.2. The molecule has 1 aromatic heterocycles. The Morgan fingerprint density at radius 1 is 1.33 bits per heavy atom. The number of nitrogens with zero attached hydrogens (tertiary/aromatic N) is 2. The quantitative estimate of drug-likeness (QED) is 0.712. The fourth-order valence-corrected chi connectivity index (χ4v) is 3.42. The third kappa shape index (κ3) is 4.79. The van der Waals surface area contributed by atoms with Crippen molar-refractivity contribution in [1.82, 2.24) is 4.98 Å². The highest BCUT2D eigenvalue weighted by Gasteiger charge is 2.45. The molecule has 1 amide bonds. The zero-order chi connectivity index (χ0) is 22.1. The van der Waals surface area contributed by atoms with Crippen LogP contribution in [0.5, 0.6) is 0 Å². The molecule has 164 valence electrons. The second kappa shape index (κ2) is 8.31. The van der Waals surface area contributed by atoms with Crippen LogP contribution in [0.4, 0.5) is 5.82 Å². The number of hydrogen-bond donors (Lipinski definition) is 1. The highest BCUT2D eigenvalue weighted by atomic mass is 16.6. The van der Waals surface area contributed by atoms with E-state index in [1.54, 1.807) is 39.0 Å². The van der Waals surface area contributed by atoms with Gasteiger partial charge in [0.25, 0.3) is 5.91 Å². The summed E-state index contributed by atoms with van der Waals surface area (Å²) in [5, 5.41) is 10.6. The third-order valence-corrected chi connectivity index (χ3v) is 5.00. The topological polar surface area (TPSA) is 115 Å². The molecule has 3 rings (SSSR count). The molecule has 1 aliphatic carbocycles. The lowest BCUT2D eigenvalue weighted by Crippen LogP contribution is -2.56. The Labute approximate surface area is 175 Å². The summed E-state index contributed by atoms with van der Waals surface area (Å²) in [6.07, 6.45) is -0.723. The fourth-order valence-electron chi connectivity index (χ4n) is 3.42. The summed E-state index contributed by atoms with van der Waals surface area (Å²) < 4.78 is 15.9. The molecule has 0 aromatic carbocycles. The Balaban J connectivity index is 1.85. The van der Waals surface area contributed by atoms with Gasteiger partial charge in [0.1, 0.15) is 17.0 Å². The molecule has 2 heterocycles. The number of rotatable bonds is 5. The van der Waals surface area contributed by atoms with E-state index >= 15 is 0 Å². The molecule has 2 fully saturated rings. The molecule has 9 heteroatoms. The van der Waals surface area contributed by atoms with Crippen molar-refractivity contribution < 1.29 is 33.7 Å². The van der Waals surface area contributed by atoms with Crippen LogP contribution in [-0.4, -0.2) is 58.9 Å². The average molecular weight is 420 g/mol. The summed E-state index contributed by atoms with van der Waals surface area (Å²) in [5.41, 5.74) is -1.30. The molecule has 0 bridgehead atoms. The molecular formula is C21H28N2O7. The number of carbonyl (C=O) groups is 3. The van der Waals surface area contributed by atoms with Crippen LogP contribution in [-0.2, 0) is 34.2 Å². The van der Waals surface area contributed by atoms with Gasteiger partial charge in [-0.3, -0.25) is 14.5 Å². The van der Waals surface area contributed by atoms with Gasteiger partial charge >= 0.3 is 11.9 Å². The highest BCUT2D eigenvalue weighted by molar-refractivity contribution is 6.00. The van der Waals surface area contributed by atoms with Gasteiger partial charge in [-0.2, -0.15) is 0 Å². The SMILES string of the molecule is CC(=O)O[C@@H](C(=O)OC(C)(C)C)[C@H]1OCCN(c2cccc(C3(O)CCC3)n2)C1=O. The zero-order valence-corrected chi connectivity index (χ0v) is 17.7. The second-order valence-electron chi connectivity index (χ2n) is 8.61. The molecule has 1 saturated carbocycles. The fraction of sp³-hybridized carbons (Fsp3) is 0.619. The normalized spacial score (nSPS) is 22.1. The number of aromatic nitrogens is 1. The molecule has 0 radical (unpaired) electrons. The van der Waals surface area contributed by atoms with Crippen molar-refractivity contribution in [2.24, 2.45) is 0 Å². The summed E-state index contributed by atoms with van der Waals surface area (Å²) >= 11 is 0. The lowest BCUT2D eigenvalue weighted by atomic mass is 9.77. The molecule has 1 saturated heterocycles. The predicted octanol–water partition coefficient (Wildman–Crippen LogP) is 1.46. The van der Waals surface area contributed by atoms with E-state index in [-0.39, 0.29) is 13.2 Å². The van der Waals surface area contributed by atoms with Gasteiger partial charge in [0.05, 0.1) is 18.8 Å². The van der Waals surface area contributed by atoms with Crippen LogP contribution in [0.15, 0.2) is 18.2 Å². The minimum absolute atomic E-state index is 0.118. The third-order valence-electron chi connectivity index (χ3n) is 5.00. The molecule has 0 unspecified atom stereocenters. The summed E-state index contributed by atoms with van der Waals surface area (Å²) in [7, 11) is 0. The molecule has 1 aliphatic heterocycles. The van der Waals surface area contributed by atoms with Crippen molar-refractivity contribution in [3.8, 4) is 0 Å². The number of carbonyl (C=O) groups excluding carboxylic acids is 3. The minimum Gasteiger partial charge on any atom is -0.457 e. The maximum Gasteiger partial charge on any atom is 0.351 e. The molecule has 0 spiro atoms. The number of esters is 2. The van der Waals surface area contributed by atoms with E-state index in [0.29, 0.717) is 24.4 Å². The van der Waals surface area contributed by atoms with Crippen molar-refractivity contribution in [2.75, 3.05) is 18.1 Å². The standard InChI is InChI=1S/C21H28N2O7/c1-13(24)29-17(19(26)30-20(2,3)4)16-18(25)23(11-12-28-16)15-8-5-7-14(22-15)21(27)9-6-10-21/h5,7-8,16-17,27H,6,9-12H2,1-4H3/t16-,17-/m1/s1. The van der Waals surface area contributed by atoms with E-state index in [0.717, 1.165) is 13.3 Å². The van der Waals surface area contributed by atoms with Crippen molar-refractivity contribution in [1.29, 1.82) is 0 Å². The second-order valence-corrected chi connectivity index (χ2v) is 8.61.